The van der Waals surface area contributed by atoms with Crippen LogP contribution in [0.1, 0.15) is 22.8 Å². The predicted molar refractivity (Wildman–Crippen MR) is 64.6 cm³/mol. The number of rotatable bonds is 3. The molecule has 0 radical (unpaired) electrons. The van der Waals surface area contributed by atoms with Crippen molar-refractivity contribution in [3.63, 3.8) is 0 Å². The van der Waals surface area contributed by atoms with E-state index in [1.54, 1.807) is 0 Å². The quantitative estimate of drug-likeness (QED) is 0.887. The molecule has 3 nitrogen and oxygen atoms in total. The minimum Gasteiger partial charge on any atom is -0.438 e. The number of oxazole rings is 1. The molecule has 0 bridgehead atoms. The molecule has 0 aliphatic heterocycles. The normalized spacial score (nSPS) is 14.3. The van der Waals surface area contributed by atoms with Gasteiger partial charge in [-0.1, -0.05) is 0 Å². The van der Waals surface area contributed by atoms with E-state index < -0.39 is 0 Å². The Bertz CT molecular complexity index is 479. The predicted octanol–water partition coefficient (Wildman–Crippen LogP) is 2.61. The van der Waals surface area contributed by atoms with Crippen LogP contribution in [0.5, 0.6) is 0 Å². The lowest BCUT2D eigenvalue weighted by Crippen LogP contribution is -2.04. The zero-order valence-electron chi connectivity index (χ0n) is 9.25. The van der Waals surface area contributed by atoms with Gasteiger partial charge in [-0.05, 0) is 37.9 Å². The Labute approximate surface area is 98.5 Å². The smallest absolute Gasteiger partial charge is 0.208 e. The number of thiophene rings is 1. The molecule has 2 aromatic heterocycles. The lowest BCUT2D eigenvalue weighted by Gasteiger charge is -1.92. The zero-order chi connectivity index (χ0) is 11.0. The van der Waals surface area contributed by atoms with Crippen molar-refractivity contribution in [2.45, 2.75) is 25.8 Å². The standard InChI is InChI=1S/C12H14N2OS/c1-13-7-12-14-6-9(15-12)11-5-8-3-2-4-10(8)16-11/h5-6,13H,2-4,7H2,1H3. The average Bonchev–Trinajstić information content (AvgIpc) is 2.88. The molecule has 1 aliphatic rings. The molecule has 0 unspecified atom stereocenters. The number of hydrogen-bond acceptors (Lipinski definition) is 4. The molecule has 0 amide bonds. The van der Waals surface area contributed by atoms with Crippen molar-refractivity contribution in [3.05, 3.63) is 28.6 Å². The zero-order valence-corrected chi connectivity index (χ0v) is 10.1. The van der Waals surface area contributed by atoms with Gasteiger partial charge in [-0.15, -0.1) is 11.3 Å². The van der Waals surface area contributed by atoms with Crippen LogP contribution in [0.3, 0.4) is 0 Å². The van der Waals surface area contributed by atoms with Crippen molar-refractivity contribution >= 4 is 11.3 Å². The molecular formula is C12H14N2OS. The van der Waals surface area contributed by atoms with E-state index in [1.807, 2.05) is 24.6 Å². The van der Waals surface area contributed by atoms with Gasteiger partial charge in [-0.2, -0.15) is 0 Å². The minimum absolute atomic E-state index is 0.686. The SMILES string of the molecule is CNCc1ncc(-c2cc3c(s2)CCC3)o1. The number of nitrogens with zero attached hydrogens (tertiary/aromatic N) is 1. The fraction of sp³-hybridized carbons (Fsp3) is 0.417. The van der Waals surface area contributed by atoms with Crippen LogP contribution in [0.2, 0.25) is 0 Å². The van der Waals surface area contributed by atoms with Gasteiger partial charge in [-0.25, -0.2) is 4.98 Å². The van der Waals surface area contributed by atoms with Gasteiger partial charge in [0.1, 0.15) is 0 Å². The summed E-state index contributed by atoms with van der Waals surface area (Å²) in [4.78, 5) is 6.99. The molecule has 0 saturated carbocycles. The van der Waals surface area contributed by atoms with Crippen molar-refractivity contribution in [3.8, 4) is 10.6 Å². The molecule has 0 atom stereocenters. The average molecular weight is 234 g/mol. The van der Waals surface area contributed by atoms with Crippen LogP contribution < -0.4 is 5.32 Å². The van der Waals surface area contributed by atoms with E-state index in [2.05, 4.69) is 16.4 Å². The highest BCUT2D eigenvalue weighted by Gasteiger charge is 2.17. The lowest BCUT2D eigenvalue weighted by atomic mass is 10.2. The van der Waals surface area contributed by atoms with Crippen molar-refractivity contribution in [1.29, 1.82) is 0 Å². The highest BCUT2D eigenvalue weighted by Crippen LogP contribution is 2.36. The summed E-state index contributed by atoms with van der Waals surface area (Å²) in [7, 11) is 1.89. The van der Waals surface area contributed by atoms with Crippen LogP contribution in [0, 0.1) is 0 Å². The number of nitrogens with one attached hydrogen (secondary N) is 1. The molecule has 0 aromatic carbocycles. The fourth-order valence-electron chi connectivity index (χ4n) is 2.11. The maximum absolute atomic E-state index is 5.68. The third kappa shape index (κ3) is 1.68. The van der Waals surface area contributed by atoms with Gasteiger partial charge in [-0.3, -0.25) is 0 Å². The summed E-state index contributed by atoms with van der Waals surface area (Å²) in [6.45, 7) is 0.686. The van der Waals surface area contributed by atoms with Crippen LogP contribution >= 0.6 is 11.3 Å². The van der Waals surface area contributed by atoms with Gasteiger partial charge in [0.15, 0.2) is 5.76 Å². The van der Waals surface area contributed by atoms with E-state index >= 15 is 0 Å². The molecule has 84 valence electrons. The molecule has 4 heteroatoms. The molecule has 0 spiro atoms. The maximum atomic E-state index is 5.68. The first-order chi connectivity index (χ1) is 7.86. The lowest BCUT2D eigenvalue weighted by molar-refractivity contribution is 0.491. The van der Waals surface area contributed by atoms with E-state index in [-0.39, 0.29) is 0 Å². The minimum atomic E-state index is 0.686. The van der Waals surface area contributed by atoms with E-state index in [9.17, 15) is 0 Å². The van der Waals surface area contributed by atoms with Gasteiger partial charge in [0.25, 0.3) is 0 Å². The molecule has 3 rings (SSSR count). The molecule has 2 heterocycles. The molecule has 2 aromatic rings. The van der Waals surface area contributed by atoms with Gasteiger partial charge in [0, 0.05) is 4.88 Å². The first-order valence-corrected chi connectivity index (χ1v) is 6.40. The monoisotopic (exact) mass is 234 g/mol. The maximum Gasteiger partial charge on any atom is 0.208 e. The van der Waals surface area contributed by atoms with Crippen LogP contribution in [0.15, 0.2) is 16.7 Å². The Kier molecular flexibility index (Phi) is 2.53. The van der Waals surface area contributed by atoms with E-state index in [0.29, 0.717) is 6.54 Å². The van der Waals surface area contributed by atoms with Gasteiger partial charge in [0.05, 0.1) is 17.6 Å². The first kappa shape index (κ1) is 10.1. The van der Waals surface area contributed by atoms with Crippen LogP contribution in [-0.2, 0) is 19.4 Å². The second-order valence-electron chi connectivity index (χ2n) is 4.06. The summed E-state index contributed by atoms with van der Waals surface area (Å²) < 4.78 is 5.68. The largest absolute Gasteiger partial charge is 0.438 e. The Morgan fingerprint density at radius 1 is 1.50 bits per heavy atom. The second kappa shape index (κ2) is 4.03. The topological polar surface area (TPSA) is 38.1 Å². The number of hydrogen-bond donors (Lipinski definition) is 1. The third-order valence-corrected chi connectivity index (χ3v) is 4.12. The summed E-state index contributed by atoms with van der Waals surface area (Å²) in [5, 5.41) is 3.03. The van der Waals surface area contributed by atoms with Crippen molar-refractivity contribution in [2.75, 3.05) is 7.05 Å². The molecule has 0 saturated heterocycles. The highest BCUT2D eigenvalue weighted by molar-refractivity contribution is 7.15. The van der Waals surface area contributed by atoms with E-state index in [1.165, 1.54) is 34.6 Å². The molecule has 1 aliphatic carbocycles. The Hall–Kier alpha value is -1.13. The van der Waals surface area contributed by atoms with Crippen LogP contribution in [0.25, 0.3) is 10.6 Å². The van der Waals surface area contributed by atoms with Crippen molar-refractivity contribution < 1.29 is 4.42 Å². The van der Waals surface area contributed by atoms with Gasteiger partial charge in [0.2, 0.25) is 5.89 Å². The second-order valence-corrected chi connectivity index (χ2v) is 5.20. The summed E-state index contributed by atoms with van der Waals surface area (Å²) in [5.74, 6) is 1.66. The van der Waals surface area contributed by atoms with Crippen LogP contribution in [-0.4, -0.2) is 12.0 Å². The van der Waals surface area contributed by atoms with Crippen molar-refractivity contribution in [2.24, 2.45) is 0 Å². The van der Waals surface area contributed by atoms with E-state index in [0.717, 1.165) is 11.7 Å². The highest BCUT2D eigenvalue weighted by atomic mass is 32.1. The Morgan fingerprint density at radius 2 is 2.44 bits per heavy atom. The summed E-state index contributed by atoms with van der Waals surface area (Å²) in [6, 6.07) is 2.26. The van der Waals surface area contributed by atoms with Crippen LogP contribution in [0.4, 0.5) is 0 Å². The Balaban J connectivity index is 1.89. The summed E-state index contributed by atoms with van der Waals surface area (Å²) in [5.41, 5.74) is 1.51. The molecule has 16 heavy (non-hydrogen) atoms. The fourth-order valence-corrected chi connectivity index (χ4v) is 3.31. The van der Waals surface area contributed by atoms with Gasteiger partial charge >= 0.3 is 0 Å². The summed E-state index contributed by atoms with van der Waals surface area (Å²) >= 11 is 1.85. The summed E-state index contributed by atoms with van der Waals surface area (Å²) in [6.07, 6.45) is 5.59. The Morgan fingerprint density at radius 3 is 3.25 bits per heavy atom. The van der Waals surface area contributed by atoms with Crippen molar-refractivity contribution in [1.82, 2.24) is 10.3 Å². The number of fused-ring (bicyclic) bond motifs is 1. The number of aryl methyl sites for hydroxylation is 2. The molecule has 0 fully saturated rings. The van der Waals surface area contributed by atoms with Gasteiger partial charge < -0.3 is 9.73 Å². The molecular weight excluding hydrogens is 220 g/mol. The molecule has 1 N–H and O–H groups in total. The third-order valence-electron chi connectivity index (χ3n) is 2.87. The van der Waals surface area contributed by atoms with E-state index in [4.69, 9.17) is 4.42 Å². The number of aromatic nitrogens is 1. The first-order valence-electron chi connectivity index (χ1n) is 5.58.